The fraction of sp³-hybridized carbons (Fsp3) is 0.0870. The molecule has 0 saturated heterocycles. The van der Waals surface area contributed by atoms with Crippen LogP contribution in [-0.2, 0) is 9.53 Å². The van der Waals surface area contributed by atoms with Crippen LogP contribution in [0, 0.1) is 0 Å². The number of para-hydroxylation sites is 1. The Hall–Kier alpha value is -3.85. The Bertz CT molecular complexity index is 1580. The van der Waals surface area contributed by atoms with Crippen LogP contribution in [0.15, 0.2) is 83.1 Å². The minimum Gasteiger partial charge on any atom is -0.465 e. The molecule has 2 N–H and O–H groups in total. The van der Waals surface area contributed by atoms with E-state index in [0.29, 0.717) is 15.4 Å². The van der Waals surface area contributed by atoms with E-state index in [0.717, 1.165) is 7.11 Å². The molecule has 160 valence electrons. The summed E-state index contributed by atoms with van der Waals surface area (Å²) in [5, 5.41) is 0.727. The SMILES string of the molecule is COC(=O)C1=C(N)Oc2c(c(=O)oc3ccccc23)C1c1coc2ccc(Br)cc2c1=O. The first kappa shape index (κ1) is 20.1. The molecule has 32 heavy (non-hydrogen) atoms. The van der Waals surface area contributed by atoms with Gasteiger partial charge in [-0.1, -0.05) is 28.1 Å². The molecular formula is C23H14BrNO7. The van der Waals surface area contributed by atoms with Crippen LogP contribution in [0.5, 0.6) is 5.75 Å². The average Bonchev–Trinajstić information content (AvgIpc) is 2.78. The topological polar surface area (TPSA) is 122 Å². The summed E-state index contributed by atoms with van der Waals surface area (Å²) >= 11 is 3.34. The highest BCUT2D eigenvalue weighted by molar-refractivity contribution is 9.10. The van der Waals surface area contributed by atoms with Gasteiger partial charge in [-0.05, 0) is 30.3 Å². The molecule has 0 spiro atoms. The van der Waals surface area contributed by atoms with E-state index in [1.807, 2.05) is 0 Å². The lowest BCUT2D eigenvalue weighted by molar-refractivity contribution is -0.136. The Labute approximate surface area is 188 Å². The molecule has 1 unspecified atom stereocenters. The molecule has 0 radical (unpaired) electrons. The van der Waals surface area contributed by atoms with Crippen LogP contribution in [0.1, 0.15) is 17.0 Å². The van der Waals surface area contributed by atoms with Crippen LogP contribution in [-0.4, -0.2) is 13.1 Å². The van der Waals surface area contributed by atoms with Crippen molar-refractivity contribution in [1.29, 1.82) is 0 Å². The van der Waals surface area contributed by atoms with Crippen LogP contribution in [0.25, 0.3) is 21.9 Å². The molecule has 1 aliphatic heterocycles. The second-order valence-electron chi connectivity index (χ2n) is 7.09. The van der Waals surface area contributed by atoms with Crippen molar-refractivity contribution >= 4 is 43.8 Å². The highest BCUT2D eigenvalue weighted by Crippen LogP contribution is 2.43. The second kappa shape index (κ2) is 7.38. The van der Waals surface area contributed by atoms with Crippen molar-refractivity contribution in [3.63, 3.8) is 0 Å². The molecule has 0 amide bonds. The van der Waals surface area contributed by atoms with E-state index >= 15 is 0 Å². The van der Waals surface area contributed by atoms with Crippen LogP contribution in [0.2, 0.25) is 0 Å². The Morgan fingerprint density at radius 1 is 1.09 bits per heavy atom. The van der Waals surface area contributed by atoms with Gasteiger partial charge in [0.25, 0.3) is 0 Å². The molecule has 1 aliphatic rings. The number of carbonyl (C=O) groups excluding carboxylic acids is 1. The quantitative estimate of drug-likeness (QED) is 0.331. The standard InChI is InChI=1S/C23H14BrNO7/c1-29-22(27)18-16(13-9-30-14-7-6-10(24)8-12(14)19(13)26)17-20(32-21(18)25)11-4-2-3-5-15(11)31-23(17)28/h2-9,16H,25H2,1H3. The van der Waals surface area contributed by atoms with Crippen molar-refractivity contribution in [2.45, 2.75) is 5.92 Å². The van der Waals surface area contributed by atoms with Crippen LogP contribution in [0.4, 0.5) is 0 Å². The molecule has 0 saturated carbocycles. The number of methoxy groups -OCH3 is 1. The minimum absolute atomic E-state index is 0.0195. The van der Waals surface area contributed by atoms with Crippen molar-refractivity contribution in [2.24, 2.45) is 5.73 Å². The molecule has 9 heteroatoms. The Morgan fingerprint density at radius 2 is 1.88 bits per heavy atom. The zero-order valence-electron chi connectivity index (χ0n) is 16.5. The summed E-state index contributed by atoms with van der Waals surface area (Å²) in [7, 11) is 1.16. The number of benzene rings is 2. The summed E-state index contributed by atoms with van der Waals surface area (Å²) in [5.41, 5.74) is 5.31. The number of hydrogen-bond acceptors (Lipinski definition) is 8. The van der Waals surface area contributed by atoms with Gasteiger partial charge in [-0.2, -0.15) is 0 Å². The summed E-state index contributed by atoms with van der Waals surface area (Å²) in [6, 6.07) is 11.7. The zero-order valence-corrected chi connectivity index (χ0v) is 18.1. The molecule has 0 bridgehead atoms. The van der Waals surface area contributed by atoms with Crippen molar-refractivity contribution in [3.8, 4) is 5.75 Å². The highest BCUT2D eigenvalue weighted by atomic mass is 79.9. The first-order valence-corrected chi connectivity index (χ1v) is 10.2. The van der Waals surface area contributed by atoms with Crippen LogP contribution >= 0.6 is 15.9 Å². The lowest BCUT2D eigenvalue weighted by Crippen LogP contribution is -2.32. The van der Waals surface area contributed by atoms with E-state index in [1.165, 1.54) is 6.26 Å². The van der Waals surface area contributed by atoms with E-state index in [1.54, 1.807) is 42.5 Å². The third-order valence-corrected chi connectivity index (χ3v) is 5.82. The van der Waals surface area contributed by atoms with Crippen LogP contribution in [0.3, 0.4) is 0 Å². The molecule has 3 heterocycles. The summed E-state index contributed by atoms with van der Waals surface area (Å²) in [6.07, 6.45) is 1.21. The number of esters is 1. The summed E-state index contributed by atoms with van der Waals surface area (Å²) < 4.78 is 22.4. The van der Waals surface area contributed by atoms with Gasteiger partial charge in [0.2, 0.25) is 5.88 Å². The fourth-order valence-electron chi connectivity index (χ4n) is 3.90. The number of fused-ring (bicyclic) bond motifs is 4. The van der Waals surface area contributed by atoms with E-state index in [9.17, 15) is 14.4 Å². The lowest BCUT2D eigenvalue weighted by Gasteiger charge is -2.27. The zero-order chi connectivity index (χ0) is 22.6. The molecular weight excluding hydrogens is 482 g/mol. The normalized spacial score (nSPS) is 15.5. The lowest BCUT2D eigenvalue weighted by atomic mass is 9.83. The van der Waals surface area contributed by atoms with Crippen molar-refractivity contribution in [2.75, 3.05) is 7.11 Å². The molecule has 5 rings (SSSR count). The average molecular weight is 496 g/mol. The van der Waals surface area contributed by atoms with Crippen molar-refractivity contribution in [1.82, 2.24) is 0 Å². The Morgan fingerprint density at radius 3 is 2.66 bits per heavy atom. The van der Waals surface area contributed by atoms with Gasteiger partial charge in [-0.25, -0.2) is 9.59 Å². The van der Waals surface area contributed by atoms with Gasteiger partial charge in [0.05, 0.1) is 35.6 Å². The largest absolute Gasteiger partial charge is 0.465 e. The van der Waals surface area contributed by atoms with Gasteiger partial charge in [-0.3, -0.25) is 4.79 Å². The van der Waals surface area contributed by atoms with Gasteiger partial charge >= 0.3 is 11.6 Å². The van der Waals surface area contributed by atoms with Crippen molar-refractivity contribution in [3.05, 3.63) is 96.4 Å². The predicted octanol–water partition coefficient (Wildman–Crippen LogP) is 3.53. The third kappa shape index (κ3) is 2.93. The number of hydrogen-bond donors (Lipinski definition) is 1. The molecule has 2 aromatic carbocycles. The monoisotopic (exact) mass is 495 g/mol. The summed E-state index contributed by atoms with van der Waals surface area (Å²) in [5.74, 6) is -2.23. The molecule has 0 aliphatic carbocycles. The number of halogens is 1. The number of nitrogens with two attached hydrogens (primary N) is 1. The summed E-state index contributed by atoms with van der Waals surface area (Å²) in [4.78, 5) is 39.2. The third-order valence-electron chi connectivity index (χ3n) is 5.33. The van der Waals surface area contributed by atoms with E-state index in [-0.39, 0.29) is 39.3 Å². The maximum absolute atomic E-state index is 13.5. The smallest absolute Gasteiger partial charge is 0.344 e. The number of rotatable bonds is 2. The molecule has 1 atom stereocenters. The Balaban J connectivity index is 1.90. The van der Waals surface area contributed by atoms with E-state index < -0.39 is 22.9 Å². The van der Waals surface area contributed by atoms with Crippen molar-refractivity contribution < 1.29 is 23.1 Å². The Kier molecular flexibility index (Phi) is 4.63. The molecule has 8 nitrogen and oxygen atoms in total. The van der Waals surface area contributed by atoms with Gasteiger partial charge in [0, 0.05) is 10.0 Å². The van der Waals surface area contributed by atoms with Crippen LogP contribution < -0.4 is 21.5 Å². The van der Waals surface area contributed by atoms with E-state index in [4.69, 9.17) is 24.0 Å². The van der Waals surface area contributed by atoms with Gasteiger partial charge in [-0.15, -0.1) is 0 Å². The van der Waals surface area contributed by atoms with Gasteiger partial charge < -0.3 is 24.0 Å². The van der Waals surface area contributed by atoms with E-state index in [2.05, 4.69) is 15.9 Å². The molecule has 4 aromatic rings. The highest BCUT2D eigenvalue weighted by Gasteiger charge is 2.40. The molecule has 0 fully saturated rings. The number of ether oxygens (including phenoxy) is 2. The summed E-state index contributed by atoms with van der Waals surface area (Å²) in [6.45, 7) is 0. The first-order chi connectivity index (χ1) is 15.4. The van der Waals surface area contributed by atoms with Gasteiger partial charge in [0.15, 0.2) is 11.2 Å². The second-order valence-corrected chi connectivity index (χ2v) is 8.01. The molecule has 2 aromatic heterocycles. The maximum atomic E-state index is 13.5. The minimum atomic E-state index is -1.22. The fourth-order valence-corrected chi connectivity index (χ4v) is 4.26. The first-order valence-electron chi connectivity index (χ1n) is 9.43. The predicted molar refractivity (Wildman–Crippen MR) is 118 cm³/mol. The number of carbonyl (C=O) groups is 1. The van der Waals surface area contributed by atoms with Gasteiger partial charge in [0.1, 0.15) is 16.7 Å². The maximum Gasteiger partial charge on any atom is 0.344 e.